The van der Waals surface area contributed by atoms with Gasteiger partial charge in [0.25, 0.3) is 11.6 Å². The SMILES string of the molecule is COc1cc([N+](=O)[O-])cc2sc(NC(=O)c3ccc(OCc4ccccc4)cc3)nc12. The molecule has 0 spiro atoms. The zero-order chi connectivity index (χ0) is 21.8. The number of nitrogens with zero attached hydrogens (tertiary/aromatic N) is 2. The van der Waals surface area contributed by atoms with Crippen LogP contribution in [0.2, 0.25) is 0 Å². The minimum absolute atomic E-state index is 0.100. The summed E-state index contributed by atoms with van der Waals surface area (Å²) in [6.45, 7) is 0.437. The number of benzene rings is 3. The molecule has 0 fully saturated rings. The molecule has 31 heavy (non-hydrogen) atoms. The molecule has 0 atom stereocenters. The number of methoxy groups -OCH3 is 1. The quantitative estimate of drug-likeness (QED) is 0.322. The number of amides is 1. The summed E-state index contributed by atoms with van der Waals surface area (Å²) in [5, 5.41) is 14.1. The number of aromatic nitrogens is 1. The highest BCUT2D eigenvalue weighted by Crippen LogP contribution is 2.36. The Morgan fingerprint density at radius 1 is 1.13 bits per heavy atom. The first-order valence-corrected chi connectivity index (χ1v) is 10.1. The number of hydrogen-bond donors (Lipinski definition) is 1. The molecular weight excluding hydrogens is 418 g/mol. The Labute approximate surface area is 181 Å². The van der Waals surface area contributed by atoms with Crippen LogP contribution in [0.1, 0.15) is 15.9 Å². The predicted molar refractivity (Wildman–Crippen MR) is 118 cm³/mol. The molecular formula is C22H17N3O5S. The van der Waals surface area contributed by atoms with Crippen molar-refractivity contribution in [2.45, 2.75) is 6.61 Å². The van der Waals surface area contributed by atoms with Gasteiger partial charge in [-0.2, -0.15) is 0 Å². The van der Waals surface area contributed by atoms with Crippen molar-refractivity contribution in [2.75, 3.05) is 12.4 Å². The third-order valence-corrected chi connectivity index (χ3v) is 5.38. The number of anilines is 1. The van der Waals surface area contributed by atoms with Gasteiger partial charge in [-0.3, -0.25) is 20.2 Å². The summed E-state index contributed by atoms with van der Waals surface area (Å²) in [7, 11) is 1.41. The van der Waals surface area contributed by atoms with E-state index >= 15 is 0 Å². The van der Waals surface area contributed by atoms with Gasteiger partial charge in [-0.25, -0.2) is 4.98 Å². The second-order valence-electron chi connectivity index (χ2n) is 6.52. The van der Waals surface area contributed by atoms with E-state index in [0.717, 1.165) is 16.9 Å². The Kier molecular flexibility index (Phi) is 5.76. The molecule has 0 aliphatic heterocycles. The predicted octanol–water partition coefficient (Wildman–Crippen LogP) is 5.04. The van der Waals surface area contributed by atoms with Crippen molar-refractivity contribution in [1.82, 2.24) is 4.98 Å². The standard InChI is InChI=1S/C22H17N3O5S/c1-29-18-11-16(25(27)28)12-19-20(18)23-22(31-19)24-21(26)15-7-9-17(10-8-15)30-13-14-5-3-2-4-6-14/h2-12H,13H2,1H3,(H,23,24,26). The van der Waals surface area contributed by atoms with Crippen LogP contribution >= 0.6 is 11.3 Å². The molecule has 0 unspecified atom stereocenters. The zero-order valence-corrected chi connectivity index (χ0v) is 17.2. The van der Waals surface area contributed by atoms with Gasteiger partial charge in [0, 0.05) is 11.6 Å². The van der Waals surface area contributed by atoms with Crippen molar-refractivity contribution in [1.29, 1.82) is 0 Å². The van der Waals surface area contributed by atoms with E-state index in [2.05, 4.69) is 10.3 Å². The molecule has 0 aliphatic rings. The number of carbonyl (C=O) groups excluding carboxylic acids is 1. The highest BCUT2D eigenvalue weighted by atomic mass is 32.1. The lowest BCUT2D eigenvalue weighted by Crippen LogP contribution is -2.11. The van der Waals surface area contributed by atoms with Crippen LogP contribution in [-0.2, 0) is 6.61 Å². The molecule has 3 aromatic carbocycles. The van der Waals surface area contributed by atoms with E-state index < -0.39 is 4.92 Å². The maximum Gasteiger partial charge on any atom is 0.274 e. The van der Waals surface area contributed by atoms with Crippen molar-refractivity contribution in [3.05, 3.63) is 88.0 Å². The maximum atomic E-state index is 12.6. The summed E-state index contributed by atoms with van der Waals surface area (Å²) in [5.74, 6) is 0.584. The molecule has 0 bridgehead atoms. The second-order valence-corrected chi connectivity index (χ2v) is 7.55. The average molecular weight is 435 g/mol. The number of hydrogen-bond acceptors (Lipinski definition) is 7. The molecule has 4 aromatic rings. The van der Waals surface area contributed by atoms with Crippen LogP contribution in [0.15, 0.2) is 66.7 Å². The van der Waals surface area contributed by atoms with E-state index in [1.165, 1.54) is 19.2 Å². The minimum Gasteiger partial charge on any atom is -0.494 e. The van der Waals surface area contributed by atoms with Crippen LogP contribution in [0.4, 0.5) is 10.8 Å². The first-order chi connectivity index (χ1) is 15.0. The molecule has 1 aromatic heterocycles. The first kappa shape index (κ1) is 20.3. The summed E-state index contributed by atoms with van der Waals surface area (Å²) < 4.78 is 11.5. The van der Waals surface area contributed by atoms with Crippen LogP contribution in [0, 0.1) is 10.1 Å². The normalized spacial score (nSPS) is 10.6. The maximum absolute atomic E-state index is 12.6. The van der Waals surface area contributed by atoms with Crippen LogP contribution in [0.3, 0.4) is 0 Å². The number of fused-ring (bicyclic) bond motifs is 1. The molecule has 8 nitrogen and oxygen atoms in total. The van der Waals surface area contributed by atoms with Gasteiger partial charge in [-0.15, -0.1) is 0 Å². The molecule has 1 N–H and O–H groups in total. The van der Waals surface area contributed by atoms with Crippen LogP contribution < -0.4 is 14.8 Å². The third-order valence-electron chi connectivity index (χ3n) is 4.46. The molecule has 0 saturated carbocycles. The van der Waals surface area contributed by atoms with E-state index in [4.69, 9.17) is 9.47 Å². The Morgan fingerprint density at radius 2 is 1.87 bits per heavy atom. The van der Waals surface area contributed by atoms with E-state index in [0.29, 0.717) is 33.3 Å². The molecule has 156 valence electrons. The second kappa shape index (κ2) is 8.80. The molecule has 4 rings (SSSR count). The van der Waals surface area contributed by atoms with Crippen molar-refractivity contribution in [3.63, 3.8) is 0 Å². The smallest absolute Gasteiger partial charge is 0.274 e. The minimum atomic E-state index is -0.499. The number of carbonyl (C=O) groups is 1. The molecule has 1 amide bonds. The summed E-state index contributed by atoms with van der Waals surface area (Å²) in [6.07, 6.45) is 0. The van der Waals surface area contributed by atoms with Gasteiger partial charge in [0.15, 0.2) is 10.9 Å². The number of nitro groups is 1. The topological polar surface area (TPSA) is 104 Å². The summed E-state index contributed by atoms with van der Waals surface area (Å²) in [5.41, 5.74) is 1.84. The number of non-ortho nitro benzene ring substituents is 1. The average Bonchev–Trinajstić information content (AvgIpc) is 3.20. The van der Waals surface area contributed by atoms with Gasteiger partial charge >= 0.3 is 0 Å². The number of nitro benzene ring substituents is 1. The highest BCUT2D eigenvalue weighted by molar-refractivity contribution is 7.22. The highest BCUT2D eigenvalue weighted by Gasteiger charge is 2.17. The van der Waals surface area contributed by atoms with Crippen molar-refractivity contribution >= 4 is 38.3 Å². The largest absolute Gasteiger partial charge is 0.494 e. The Hall–Kier alpha value is -3.98. The molecule has 0 saturated heterocycles. The fraction of sp³-hybridized carbons (Fsp3) is 0.0909. The van der Waals surface area contributed by atoms with Crippen molar-refractivity contribution in [2.24, 2.45) is 0 Å². The monoisotopic (exact) mass is 435 g/mol. The summed E-state index contributed by atoms with van der Waals surface area (Å²) in [4.78, 5) is 27.5. The lowest BCUT2D eigenvalue weighted by molar-refractivity contribution is -0.384. The fourth-order valence-corrected chi connectivity index (χ4v) is 3.82. The van der Waals surface area contributed by atoms with Crippen LogP contribution in [-0.4, -0.2) is 22.9 Å². The number of thiazole rings is 1. The first-order valence-electron chi connectivity index (χ1n) is 9.24. The van der Waals surface area contributed by atoms with E-state index in [1.807, 2.05) is 30.3 Å². The molecule has 0 aliphatic carbocycles. The van der Waals surface area contributed by atoms with E-state index in [9.17, 15) is 14.9 Å². The molecule has 0 radical (unpaired) electrons. The molecule has 9 heteroatoms. The summed E-state index contributed by atoms with van der Waals surface area (Å²) >= 11 is 1.14. The lowest BCUT2D eigenvalue weighted by Gasteiger charge is -2.07. The van der Waals surface area contributed by atoms with E-state index in [1.54, 1.807) is 24.3 Å². The van der Waals surface area contributed by atoms with Gasteiger partial charge in [0.2, 0.25) is 0 Å². The third kappa shape index (κ3) is 4.62. The lowest BCUT2D eigenvalue weighted by atomic mass is 10.2. The van der Waals surface area contributed by atoms with Crippen LogP contribution in [0.25, 0.3) is 10.2 Å². The van der Waals surface area contributed by atoms with E-state index in [-0.39, 0.29) is 17.3 Å². The van der Waals surface area contributed by atoms with Crippen molar-refractivity contribution in [3.8, 4) is 11.5 Å². The van der Waals surface area contributed by atoms with Gasteiger partial charge in [-0.1, -0.05) is 41.7 Å². The number of ether oxygens (including phenoxy) is 2. The Balaban J connectivity index is 1.46. The van der Waals surface area contributed by atoms with Gasteiger partial charge in [-0.05, 0) is 29.8 Å². The van der Waals surface area contributed by atoms with Crippen LogP contribution in [0.5, 0.6) is 11.5 Å². The summed E-state index contributed by atoms with van der Waals surface area (Å²) in [6, 6.07) is 19.3. The van der Waals surface area contributed by atoms with Gasteiger partial charge in [0.1, 0.15) is 17.9 Å². The fourth-order valence-electron chi connectivity index (χ4n) is 2.91. The number of nitrogens with one attached hydrogen (secondary N) is 1. The van der Waals surface area contributed by atoms with Gasteiger partial charge < -0.3 is 9.47 Å². The number of rotatable bonds is 7. The Bertz CT molecular complexity index is 1240. The molecule has 1 heterocycles. The van der Waals surface area contributed by atoms with Crippen molar-refractivity contribution < 1.29 is 19.2 Å². The Morgan fingerprint density at radius 3 is 2.55 bits per heavy atom. The zero-order valence-electron chi connectivity index (χ0n) is 16.4. The van der Waals surface area contributed by atoms with Gasteiger partial charge in [0.05, 0.1) is 22.8 Å².